The van der Waals surface area contributed by atoms with Crippen LogP contribution in [0.15, 0.2) is 48.5 Å². The van der Waals surface area contributed by atoms with E-state index in [4.69, 9.17) is 5.73 Å². The molecule has 4 nitrogen and oxygen atoms in total. The van der Waals surface area contributed by atoms with Crippen molar-refractivity contribution in [2.75, 3.05) is 23.7 Å². The molecule has 0 aliphatic carbocycles. The van der Waals surface area contributed by atoms with Gasteiger partial charge in [-0.05, 0) is 41.2 Å². The molecule has 4 heteroatoms. The lowest BCUT2D eigenvalue weighted by atomic mass is 10.0. The molecule has 1 aliphatic rings. The number of nitrogens with two attached hydrogens (primary N) is 1. The van der Waals surface area contributed by atoms with Gasteiger partial charge in [0.2, 0.25) is 0 Å². The second-order valence-electron chi connectivity index (χ2n) is 7.34. The van der Waals surface area contributed by atoms with Crippen molar-refractivity contribution < 1.29 is 0 Å². The molecule has 0 amide bonds. The fourth-order valence-corrected chi connectivity index (χ4v) is 4.15. The normalized spacial score (nSPS) is 17.4. The van der Waals surface area contributed by atoms with E-state index in [9.17, 15) is 5.26 Å². The summed E-state index contributed by atoms with van der Waals surface area (Å²) in [6.45, 7) is 4.93. The van der Waals surface area contributed by atoms with Crippen LogP contribution in [0.1, 0.15) is 31.0 Å². The summed E-state index contributed by atoms with van der Waals surface area (Å²) in [4.78, 5) is 2.36. The lowest BCUT2D eigenvalue weighted by Gasteiger charge is -2.34. The van der Waals surface area contributed by atoms with Crippen LogP contribution in [0.25, 0.3) is 10.8 Å². The van der Waals surface area contributed by atoms with Crippen molar-refractivity contribution in [3.05, 3.63) is 59.8 Å². The molecule has 1 saturated heterocycles. The highest BCUT2D eigenvalue weighted by Crippen LogP contribution is 2.33. The van der Waals surface area contributed by atoms with Crippen molar-refractivity contribution >= 4 is 22.3 Å². The van der Waals surface area contributed by atoms with Gasteiger partial charge in [0.25, 0.3) is 0 Å². The van der Waals surface area contributed by atoms with Crippen LogP contribution in [-0.2, 0) is 6.54 Å². The first-order valence-electron chi connectivity index (χ1n) is 9.28. The summed E-state index contributed by atoms with van der Waals surface area (Å²) in [6, 6.07) is 18.9. The monoisotopic (exact) mass is 344 g/mol. The summed E-state index contributed by atoms with van der Waals surface area (Å²) in [5.41, 5.74) is 8.89. The molecule has 0 unspecified atom stereocenters. The Bertz CT molecular complexity index is 974. The highest BCUT2D eigenvalue weighted by atomic mass is 15.3. The minimum Gasteiger partial charge on any atom is -0.396 e. The van der Waals surface area contributed by atoms with Crippen LogP contribution in [0, 0.1) is 17.2 Å². The fraction of sp³-hybridized carbons (Fsp3) is 0.318. The molecule has 26 heavy (non-hydrogen) atoms. The van der Waals surface area contributed by atoms with E-state index in [-0.39, 0.29) is 0 Å². The number of nitriles is 1. The Morgan fingerprint density at radius 2 is 2.00 bits per heavy atom. The Balaban J connectivity index is 1.79. The highest BCUT2D eigenvalue weighted by molar-refractivity contribution is 5.85. The summed E-state index contributed by atoms with van der Waals surface area (Å²) in [5.74, 6) is 1.65. The van der Waals surface area contributed by atoms with Crippen molar-refractivity contribution in [1.82, 2.24) is 4.57 Å². The summed E-state index contributed by atoms with van der Waals surface area (Å²) in [6.07, 6.45) is 2.42. The van der Waals surface area contributed by atoms with E-state index >= 15 is 0 Å². The number of hydrogen-bond acceptors (Lipinski definition) is 3. The number of benzene rings is 2. The lowest BCUT2D eigenvalue weighted by molar-refractivity contribution is 0.441. The van der Waals surface area contributed by atoms with Crippen LogP contribution in [0.5, 0.6) is 0 Å². The third-order valence-electron chi connectivity index (χ3n) is 5.38. The molecular formula is C22H24N4. The lowest BCUT2D eigenvalue weighted by Crippen LogP contribution is -2.36. The van der Waals surface area contributed by atoms with Crippen LogP contribution < -0.4 is 10.6 Å². The Kier molecular flexibility index (Phi) is 4.30. The minimum absolute atomic E-state index is 0.628. The summed E-state index contributed by atoms with van der Waals surface area (Å²) in [7, 11) is 0. The Labute approximate surface area is 154 Å². The highest BCUT2D eigenvalue weighted by Gasteiger charge is 2.24. The standard InChI is InChI=1S/C22H24N4/c1-16-6-5-11-25(14-16)22-21(24)12-19(13-23)26(22)15-18-9-4-8-17-7-2-3-10-20(17)18/h2-4,7-10,12,16H,5-6,11,14-15,24H2,1H3/t16-/m0/s1. The van der Waals surface area contributed by atoms with E-state index in [1.807, 2.05) is 6.07 Å². The predicted octanol–water partition coefficient (Wildman–Crippen LogP) is 4.38. The van der Waals surface area contributed by atoms with Crippen LogP contribution in [0.2, 0.25) is 0 Å². The maximum Gasteiger partial charge on any atom is 0.133 e. The number of piperidine rings is 1. The molecule has 132 valence electrons. The van der Waals surface area contributed by atoms with Gasteiger partial charge in [0.1, 0.15) is 17.6 Å². The quantitative estimate of drug-likeness (QED) is 0.767. The summed E-state index contributed by atoms with van der Waals surface area (Å²) < 4.78 is 2.09. The second kappa shape index (κ2) is 6.76. The van der Waals surface area contributed by atoms with Gasteiger partial charge >= 0.3 is 0 Å². The van der Waals surface area contributed by atoms with E-state index < -0.39 is 0 Å². The molecule has 3 aromatic rings. The zero-order valence-electron chi connectivity index (χ0n) is 15.2. The van der Waals surface area contributed by atoms with E-state index in [1.54, 1.807) is 0 Å². The average Bonchev–Trinajstić information content (AvgIpc) is 2.97. The topological polar surface area (TPSA) is 58.0 Å². The van der Waals surface area contributed by atoms with Crippen molar-refractivity contribution in [3.8, 4) is 6.07 Å². The number of aromatic nitrogens is 1. The Morgan fingerprint density at radius 1 is 1.19 bits per heavy atom. The number of nitrogens with zero attached hydrogens (tertiary/aromatic N) is 3. The molecule has 2 N–H and O–H groups in total. The van der Waals surface area contributed by atoms with Crippen molar-refractivity contribution in [2.24, 2.45) is 5.92 Å². The maximum atomic E-state index is 9.65. The van der Waals surface area contributed by atoms with Crippen molar-refractivity contribution in [2.45, 2.75) is 26.3 Å². The smallest absolute Gasteiger partial charge is 0.133 e. The average molecular weight is 344 g/mol. The second-order valence-corrected chi connectivity index (χ2v) is 7.34. The van der Waals surface area contributed by atoms with Crippen LogP contribution >= 0.6 is 0 Å². The molecule has 0 spiro atoms. The maximum absolute atomic E-state index is 9.65. The largest absolute Gasteiger partial charge is 0.396 e. The fourth-order valence-electron chi connectivity index (χ4n) is 4.15. The van der Waals surface area contributed by atoms with Gasteiger partial charge < -0.3 is 15.2 Å². The van der Waals surface area contributed by atoms with Crippen LogP contribution in [-0.4, -0.2) is 17.7 Å². The first-order valence-corrected chi connectivity index (χ1v) is 9.28. The summed E-state index contributed by atoms with van der Waals surface area (Å²) in [5, 5.41) is 12.1. The van der Waals surface area contributed by atoms with Gasteiger partial charge in [-0.15, -0.1) is 0 Å². The molecule has 1 aromatic heterocycles. The Hall–Kier alpha value is -2.93. The van der Waals surface area contributed by atoms with Gasteiger partial charge in [-0.25, -0.2) is 0 Å². The number of hydrogen-bond donors (Lipinski definition) is 1. The van der Waals surface area contributed by atoms with E-state index in [2.05, 4.69) is 64.9 Å². The zero-order chi connectivity index (χ0) is 18.1. The number of rotatable bonds is 3. The van der Waals surface area contributed by atoms with Gasteiger partial charge in [0.15, 0.2) is 0 Å². The van der Waals surface area contributed by atoms with E-state index in [0.29, 0.717) is 23.8 Å². The Morgan fingerprint density at radius 3 is 2.81 bits per heavy atom. The van der Waals surface area contributed by atoms with Gasteiger partial charge in [0.05, 0.1) is 12.2 Å². The number of nitrogen functional groups attached to an aromatic ring is 1. The third-order valence-corrected chi connectivity index (χ3v) is 5.38. The third kappa shape index (κ3) is 2.90. The van der Waals surface area contributed by atoms with Crippen molar-refractivity contribution in [3.63, 3.8) is 0 Å². The molecule has 0 bridgehead atoms. The molecular weight excluding hydrogens is 320 g/mol. The molecule has 4 rings (SSSR count). The van der Waals surface area contributed by atoms with Gasteiger partial charge in [0, 0.05) is 13.1 Å². The van der Waals surface area contributed by atoms with Gasteiger partial charge in [-0.3, -0.25) is 0 Å². The molecule has 1 atom stereocenters. The summed E-state index contributed by atoms with van der Waals surface area (Å²) >= 11 is 0. The van der Waals surface area contributed by atoms with Crippen molar-refractivity contribution in [1.29, 1.82) is 5.26 Å². The van der Waals surface area contributed by atoms with Crippen LogP contribution in [0.4, 0.5) is 11.5 Å². The first kappa shape index (κ1) is 16.5. The molecule has 2 heterocycles. The SMILES string of the molecule is C[C@H]1CCCN(c2c(N)cc(C#N)n2Cc2cccc3ccccc23)C1. The zero-order valence-corrected chi connectivity index (χ0v) is 15.2. The predicted molar refractivity (Wildman–Crippen MR) is 107 cm³/mol. The van der Waals surface area contributed by atoms with E-state index in [1.165, 1.54) is 29.2 Å². The molecule has 0 radical (unpaired) electrons. The minimum atomic E-state index is 0.628. The molecule has 0 saturated carbocycles. The number of fused-ring (bicyclic) bond motifs is 1. The van der Waals surface area contributed by atoms with Gasteiger partial charge in [-0.2, -0.15) is 5.26 Å². The molecule has 1 fully saturated rings. The number of anilines is 2. The first-order chi connectivity index (χ1) is 12.7. The molecule has 1 aliphatic heterocycles. The van der Waals surface area contributed by atoms with E-state index in [0.717, 1.165) is 18.9 Å². The molecule has 2 aromatic carbocycles. The van der Waals surface area contributed by atoms with Gasteiger partial charge in [-0.1, -0.05) is 49.4 Å². The van der Waals surface area contributed by atoms with Crippen LogP contribution in [0.3, 0.4) is 0 Å².